The van der Waals surface area contributed by atoms with Crippen molar-refractivity contribution in [2.45, 2.75) is 31.8 Å². The standard InChI is InChI=1S/C13H16N4O.ClH/c18-13-11-6-1-2-7-12(11)15-16-17(13)9-10-5-3-4-8-14-10;/h1-2,6-7,10,14H,3-5,8-9H2;1H/t10-;/m1./s1. The smallest absolute Gasteiger partial charge is 0.277 e. The average molecular weight is 281 g/mol. The van der Waals surface area contributed by atoms with Gasteiger partial charge in [0, 0.05) is 6.04 Å². The minimum atomic E-state index is -0.0482. The van der Waals surface area contributed by atoms with Gasteiger partial charge in [-0.3, -0.25) is 4.79 Å². The molecule has 0 radical (unpaired) electrons. The SMILES string of the molecule is Cl.O=c1c2ccccc2nnn1C[C@H]1CCCCN1. The Morgan fingerprint density at radius 3 is 2.95 bits per heavy atom. The summed E-state index contributed by atoms with van der Waals surface area (Å²) in [7, 11) is 0. The molecule has 2 aromatic rings. The minimum Gasteiger partial charge on any atom is -0.312 e. The first-order valence-corrected chi connectivity index (χ1v) is 6.40. The van der Waals surface area contributed by atoms with Gasteiger partial charge in [0.1, 0.15) is 5.52 Å². The second kappa shape index (κ2) is 6.12. The maximum Gasteiger partial charge on any atom is 0.277 e. The Morgan fingerprint density at radius 2 is 2.16 bits per heavy atom. The first-order chi connectivity index (χ1) is 8.84. The van der Waals surface area contributed by atoms with Crippen LogP contribution >= 0.6 is 12.4 Å². The number of aromatic nitrogens is 3. The van der Waals surface area contributed by atoms with Crippen LogP contribution in [0.4, 0.5) is 0 Å². The molecule has 1 aliphatic heterocycles. The van der Waals surface area contributed by atoms with Crippen molar-refractivity contribution < 1.29 is 0 Å². The molecule has 1 atom stereocenters. The summed E-state index contributed by atoms with van der Waals surface area (Å²) in [4.78, 5) is 12.2. The third kappa shape index (κ3) is 2.93. The predicted molar refractivity (Wildman–Crippen MR) is 76.7 cm³/mol. The lowest BCUT2D eigenvalue weighted by Crippen LogP contribution is -2.40. The topological polar surface area (TPSA) is 59.8 Å². The van der Waals surface area contributed by atoms with Crippen molar-refractivity contribution in [2.24, 2.45) is 0 Å². The zero-order valence-electron chi connectivity index (χ0n) is 10.6. The number of benzene rings is 1. The highest BCUT2D eigenvalue weighted by atomic mass is 35.5. The van der Waals surface area contributed by atoms with Crippen molar-refractivity contribution in [1.29, 1.82) is 0 Å². The molecule has 19 heavy (non-hydrogen) atoms. The van der Waals surface area contributed by atoms with Crippen molar-refractivity contribution in [3.8, 4) is 0 Å². The third-order valence-electron chi connectivity index (χ3n) is 3.44. The molecule has 1 aliphatic rings. The Morgan fingerprint density at radius 1 is 1.32 bits per heavy atom. The van der Waals surface area contributed by atoms with Crippen LogP contribution in [0.5, 0.6) is 0 Å². The van der Waals surface area contributed by atoms with E-state index in [0.29, 0.717) is 23.5 Å². The maximum absolute atomic E-state index is 12.2. The number of hydrogen-bond acceptors (Lipinski definition) is 4. The Bertz CT molecular complexity index is 607. The van der Waals surface area contributed by atoms with Crippen molar-refractivity contribution >= 4 is 23.3 Å². The van der Waals surface area contributed by atoms with E-state index in [2.05, 4.69) is 15.6 Å². The van der Waals surface area contributed by atoms with Gasteiger partial charge in [0.15, 0.2) is 0 Å². The average Bonchev–Trinajstić information content (AvgIpc) is 2.43. The summed E-state index contributed by atoms with van der Waals surface area (Å²) >= 11 is 0. The molecule has 3 rings (SSSR count). The summed E-state index contributed by atoms with van der Waals surface area (Å²) in [6.07, 6.45) is 3.53. The van der Waals surface area contributed by atoms with Gasteiger partial charge in [-0.05, 0) is 31.5 Å². The molecule has 0 amide bonds. The highest BCUT2D eigenvalue weighted by Gasteiger charge is 2.15. The molecule has 1 fully saturated rings. The van der Waals surface area contributed by atoms with Crippen LogP contribution < -0.4 is 10.9 Å². The van der Waals surface area contributed by atoms with Gasteiger partial charge in [-0.2, -0.15) is 0 Å². The van der Waals surface area contributed by atoms with Gasteiger partial charge in [-0.1, -0.05) is 23.8 Å². The highest BCUT2D eigenvalue weighted by Crippen LogP contribution is 2.08. The first kappa shape index (κ1) is 14.0. The molecular formula is C13H17ClN4O. The molecule has 2 heterocycles. The van der Waals surface area contributed by atoms with Gasteiger partial charge in [0.05, 0.1) is 11.9 Å². The van der Waals surface area contributed by atoms with E-state index < -0.39 is 0 Å². The second-order valence-corrected chi connectivity index (χ2v) is 4.74. The number of rotatable bonds is 2. The van der Waals surface area contributed by atoms with E-state index in [1.54, 1.807) is 6.07 Å². The van der Waals surface area contributed by atoms with Crippen LogP contribution in [-0.4, -0.2) is 27.6 Å². The molecule has 6 heteroatoms. The Labute approximate surface area is 117 Å². The summed E-state index contributed by atoms with van der Waals surface area (Å²) in [6.45, 7) is 1.64. The van der Waals surface area contributed by atoms with E-state index in [-0.39, 0.29) is 18.0 Å². The molecular weight excluding hydrogens is 264 g/mol. The van der Waals surface area contributed by atoms with Gasteiger partial charge in [0.25, 0.3) is 5.56 Å². The molecule has 102 valence electrons. The van der Waals surface area contributed by atoms with Crippen molar-refractivity contribution in [3.63, 3.8) is 0 Å². The third-order valence-corrected chi connectivity index (χ3v) is 3.44. The lowest BCUT2D eigenvalue weighted by Gasteiger charge is -2.23. The molecule has 1 aromatic carbocycles. The van der Waals surface area contributed by atoms with Crippen molar-refractivity contribution in [2.75, 3.05) is 6.54 Å². The largest absolute Gasteiger partial charge is 0.312 e. The minimum absolute atomic E-state index is 0. The van der Waals surface area contributed by atoms with Gasteiger partial charge < -0.3 is 5.32 Å². The summed E-state index contributed by atoms with van der Waals surface area (Å²) in [5, 5.41) is 12.2. The maximum atomic E-state index is 12.2. The van der Waals surface area contributed by atoms with Crippen LogP contribution in [0, 0.1) is 0 Å². The fraction of sp³-hybridized carbons (Fsp3) is 0.462. The lowest BCUT2D eigenvalue weighted by atomic mass is 10.1. The molecule has 0 saturated carbocycles. The molecule has 0 unspecified atom stereocenters. The molecule has 1 N–H and O–H groups in total. The molecule has 1 aromatic heterocycles. The number of nitrogens with one attached hydrogen (secondary N) is 1. The van der Waals surface area contributed by atoms with E-state index in [1.807, 2.05) is 18.2 Å². The predicted octanol–water partition coefficient (Wildman–Crippen LogP) is 1.36. The van der Waals surface area contributed by atoms with Crippen LogP contribution in [0.3, 0.4) is 0 Å². The Balaban J connectivity index is 0.00000133. The molecule has 0 bridgehead atoms. The summed E-state index contributed by atoms with van der Waals surface area (Å²) in [5.74, 6) is 0. The second-order valence-electron chi connectivity index (χ2n) is 4.74. The van der Waals surface area contributed by atoms with Gasteiger partial charge in [-0.25, -0.2) is 4.68 Å². The molecule has 0 spiro atoms. The van der Waals surface area contributed by atoms with Crippen LogP contribution in [-0.2, 0) is 6.54 Å². The first-order valence-electron chi connectivity index (χ1n) is 6.40. The van der Waals surface area contributed by atoms with E-state index >= 15 is 0 Å². The van der Waals surface area contributed by atoms with Crippen LogP contribution in [0.15, 0.2) is 29.1 Å². The zero-order valence-corrected chi connectivity index (χ0v) is 11.4. The fourth-order valence-corrected chi connectivity index (χ4v) is 2.43. The Kier molecular flexibility index (Phi) is 4.50. The monoisotopic (exact) mass is 280 g/mol. The number of halogens is 1. The van der Waals surface area contributed by atoms with E-state index in [9.17, 15) is 4.79 Å². The molecule has 1 saturated heterocycles. The zero-order chi connectivity index (χ0) is 12.4. The van der Waals surface area contributed by atoms with E-state index in [0.717, 1.165) is 13.0 Å². The van der Waals surface area contributed by atoms with E-state index in [4.69, 9.17) is 0 Å². The molecule has 5 nitrogen and oxygen atoms in total. The van der Waals surface area contributed by atoms with Crippen molar-refractivity contribution in [1.82, 2.24) is 20.3 Å². The van der Waals surface area contributed by atoms with E-state index in [1.165, 1.54) is 17.5 Å². The van der Waals surface area contributed by atoms with Gasteiger partial charge in [0.2, 0.25) is 0 Å². The summed E-state index contributed by atoms with van der Waals surface area (Å²) < 4.78 is 1.48. The normalized spacial score (nSPS) is 19.1. The molecule has 0 aliphatic carbocycles. The highest BCUT2D eigenvalue weighted by molar-refractivity contribution is 5.85. The number of piperidine rings is 1. The van der Waals surface area contributed by atoms with Crippen LogP contribution in [0.2, 0.25) is 0 Å². The van der Waals surface area contributed by atoms with Crippen LogP contribution in [0.1, 0.15) is 19.3 Å². The van der Waals surface area contributed by atoms with Crippen LogP contribution in [0.25, 0.3) is 10.9 Å². The van der Waals surface area contributed by atoms with Gasteiger partial charge >= 0.3 is 0 Å². The fourth-order valence-electron chi connectivity index (χ4n) is 2.43. The number of nitrogens with zero attached hydrogens (tertiary/aromatic N) is 3. The summed E-state index contributed by atoms with van der Waals surface area (Å²) in [6, 6.07) is 7.68. The summed E-state index contributed by atoms with van der Waals surface area (Å²) in [5.41, 5.74) is 0.614. The van der Waals surface area contributed by atoms with Crippen molar-refractivity contribution in [3.05, 3.63) is 34.6 Å². The number of hydrogen-bond donors (Lipinski definition) is 1. The Hall–Kier alpha value is -1.46. The quantitative estimate of drug-likeness (QED) is 0.902. The number of fused-ring (bicyclic) bond motifs is 1. The lowest BCUT2D eigenvalue weighted by molar-refractivity contribution is 0.341. The van der Waals surface area contributed by atoms with Gasteiger partial charge in [-0.15, -0.1) is 17.5 Å².